The van der Waals surface area contributed by atoms with Crippen LogP contribution < -0.4 is 10.5 Å². The van der Waals surface area contributed by atoms with Gasteiger partial charge in [0.15, 0.2) is 5.78 Å². The van der Waals surface area contributed by atoms with Gasteiger partial charge >= 0.3 is 0 Å². The van der Waals surface area contributed by atoms with Crippen molar-refractivity contribution in [2.75, 3.05) is 13.2 Å². The summed E-state index contributed by atoms with van der Waals surface area (Å²) in [5.74, 6) is -1.36. The number of hydrogen-bond acceptors (Lipinski definition) is 4. The van der Waals surface area contributed by atoms with Crippen molar-refractivity contribution >= 4 is 11.7 Å². The van der Waals surface area contributed by atoms with Crippen LogP contribution in [0, 0.1) is 11.7 Å². The van der Waals surface area contributed by atoms with E-state index >= 15 is 0 Å². The topological polar surface area (TPSA) is 78.6 Å². The fourth-order valence-corrected chi connectivity index (χ4v) is 4.28. The Balaban J connectivity index is 1.71. The molecule has 3 aromatic rings. The maximum atomic E-state index is 13.4. The minimum absolute atomic E-state index is 0.0413. The van der Waals surface area contributed by atoms with Crippen molar-refractivity contribution in [3.05, 3.63) is 101 Å². The van der Waals surface area contributed by atoms with Gasteiger partial charge in [0.2, 0.25) is 5.91 Å². The van der Waals surface area contributed by atoms with Crippen LogP contribution in [0.25, 0.3) is 0 Å². The smallest absolute Gasteiger partial charge is 0.225 e. The van der Waals surface area contributed by atoms with Crippen LogP contribution in [-0.4, -0.2) is 24.9 Å². The Hall–Kier alpha value is -3.51. The zero-order valence-corrected chi connectivity index (χ0v) is 18.2. The molecule has 1 amide bonds. The molecule has 1 heterocycles. The maximum Gasteiger partial charge on any atom is 0.225 e. The van der Waals surface area contributed by atoms with E-state index in [0.29, 0.717) is 55.1 Å². The molecular weight excluding hydrogens is 421 g/mol. The third kappa shape index (κ3) is 5.46. The molecule has 0 aliphatic carbocycles. The van der Waals surface area contributed by atoms with E-state index in [9.17, 15) is 14.0 Å². The van der Waals surface area contributed by atoms with Gasteiger partial charge in [-0.05, 0) is 72.4 Å². The van der Waals surface area contributed by atoms with Gasteiger partial charge in [-0.15, -0.1) is 0 Å². The average Bonchev–Trinajstić information content (AvgIpc) is 2.84. The lowest BCUT2D eigenvalue weighted by molar-refractivity contribution is -0.121. The number of primary amides is 1. The molecule has 4 rings (SSSR count). The van der Waals surface area contributed by atoms with E-state index < -0.39 is 17.6 Å². The lowest BCUT2D eigenvalue weighted by Crippen LogP contribution is -2.33. The third-order valence-corrected chi connectivity index (χ3v) is 6.00. The molecule has 1 saturated heterocycles. The first-order valence-electron chi connectivity index (χ1n) is 11.0. The molecular formula is C27H26FNO4. The molecule has 1 aliphatic rings. The minimum atomic E-state index is -0.659. The predicted molar refractivity (Wildman–Crippen MR) is 123 cm³/mol. The molecule has 2 N–H and O–H groups in total. The highest BCUT2D eigenvalue weighted by molar-refractivity contribution is 6.10. The maximum absolute atomic E-state index is 13.4. The van der Waals surface area contributed by atoms with Gasteiger partial charge in [0.25, 0.3) is 0 Å². The second-order valence-electron chi connectivity index (χ2n) is 8.19. The summed E-state index contributed by atoms with van der Waals surface area (Å²) in [7, 11) is 0. The van der Waals surface area contributed by atoms with E-state index in [0.717, 1.165) is 5.56 Å². The van der Waals surface area contributed by atoms with Crippen LogP contribution in [0.15, 0.2) is 72.8 Å². The van der Waals surface area contributed by atoms with Crippen LogP contribution in [0.4, 0.5) is 4.39 Å². The molecule has 170 valence electrons. The zero-order valence-electron chi connectivity index (χ0n) is 18.2. The molecule has 1 fully saturated rings. The molecule has 3 aromatic carbocycles. The van der Waals surface area contributed by atoms with Crippen LogP contribution in [0.5, 0.6) is 5.75 Å². The van der Waals surface area contributed by atoms with Gasteiger partial charge in [-0.1, -0.05) is 30.3 Å². The lowest BCUT2D eigenvalue weighted by atomic mass is 9.78. The highest BCUT2D eigenvalue weighted by Crippen LogP contribution is 2.36. The number of nitrogens with two attached hydrogens (primary N) is 1. The summed E-state index contributed by atoms with van der Waals surface area (Å²) in [4.78, 5) is 26.0. The second-order valence-corrected chi connectivity index (χ2v) is 8.19. The van der Waals surface area contributed by atoms with E-state index in [2.05, 4.69) is 0 Å². The highest BCUT2D eigenvalue weighted by atomic mass is 19.1. The predicted octanol–water partition coefficient (Wildman–Crippen LogP) is 4.63. The fraction of sp³-hybridized carbons (Fsp3) is 0.259. The molecule has 0 spiro atoms. The summed E-state index contributed by atoms with van der Waals surface area (Å²) in [6.07, 6.45) is 1.35. The van der Waals surface area contributed by atoms with E-state index in [1.54, 1.807) is 18.2 Å². The first-order valence-corrected chi connectivity index (χ1v) is 11.0. The molecule has 0 saturated carbocycles. The average molecular weight is 448 g/mol. The summed E-state index contributed by atoms with van der Waals surface area (Å²) in [5, 5.41) is 0. The standard InChI is InChI=1S/C27H26FNO4/c28-21-8-6-20(7-9-21)26(30)23-11-10-22(33-17-18-4-2-1-3-5-18)16-24(23)25(27(29)31)19-12-14-32-15-13-19/h1-11,16,19,25H,12-15,17H2,(H2,29,31). The van der Waals surface area contributed by atoms with Crippen molar-refractivity contribution in [3.8, 4) is 5.75 Å². The normalized spacial score (nSPS) is 15.1. The summed E-state index contributed by atoms with van der Waals surface area (Å²) in [6.45, 7) is 1.43. The van der Waals surface area contributed by atoms with Gasteiger partial charge < -0.3 is 15.2 Å². The SMILES string of the molecule is NC(=O)C(c1cc(OCc2ccccc2)ccc1C(=O)c1ccc(F)cc1)C1CCOCC1. The number of rotatable bonds is 8. The minimum Gasteiger partial charge on any atom is -0.489 e. The first-order chi connectivity index (χ1) is 16.0. The van der Waals surface area contributed by atoms with Crippen LogP contribution in [0.3, 0.4) is 0 Å². The quantitative estimate of drug-likeness (QED) is 0.511. The number of ether oxygens (including phenoxy) is 2. The molecule has 5 nitrogen and oxygen atoms in total. The Morgan fingerprint density at radius 1 is 1.00 bits per heavy atom. The monoisotopic (exact) mass is 447 g/mol. The molecule has 6 heteroatoms. The van der Waals surface area contributed by atoms with Crippen molar-refractivity contribution in [3.63, 3.8) is 0 Å². The molecule has 0 aromatic heterocycles. The largest absolute Gasteiger partial charge is 0.489 e. The number of carbonyl (C=O) groups excluding carboxylic acids is 2. The van der Waals surface area contributed by atoms with Gasteiger partial charge in [0.1, 0.15) is 18.2 Å². The van der Waals surface area contributed by atoms with Crippen LogP contribution >= 0.6 is 0 Å². The summed E-state index contributed by atoms with van der Waals surface area (Å²) >= 11 is 0. The van der Waals surface area contributed by atoms with Gasteiger partial charge in [0.05, 0.1) is 5.92 Å². The van der Waals surface area contributed by atoms with Crippen molar-refractivity contribution in [2.45, 2.75) is 25.4 Å². The number of hydrogen-bond donors (Lipinski definition) is 1. The molecule has 0 radical (unpaired) electrons. The molecule has 33 heavy (non-hydrogen) atoms. The fourth-order valence-electron chi connectivity index (χ4n) is 4.28. The third-order valence-electron chi connectivity index (χ3n) is 6.00. The lowest BCUT2D eigenvalue weighted by Gasteiger charge is -2.30. The highest BCUT2D eigenvalue weighted by Gasteiger charge is 2.33. The second kappa shape index (κ2) is 10.4. The van der Waals surface area contributed by atoms with E-state index in [-0.39, 0.29) is 11.7 Å². The molecule has 0 bridgehead atoms. The van der Waals surface area contributed by atoms with Gasteiger partial charge in [0, 0.05) is 24.3 Å². The first kappa shape index (κ1) is 22.7. The van der Waals surface area contributed by atoms with Crippen LogP contribution in [-0.2, 0) is 16.1 Å². The number of carbonyl (C=O) groups is 2. The Kier molecular flexibility index (Phi) is 7.15. The summed E-state index contributed by atoms with van der Waals surface area (Å²) < 4.78 is 24.8. The number of amides is 1. The Labute approximate surface area is 192 Å². The molecule has 1 atom stereocenters. The molecule has 1 unspecified atom stereocenters. The van der Waals surface area contributed by atoms with E-state index in [1.807, 2.05) is 30.3 Å². The Morgan fingerprint density at radius 3 is 2.36 bits per heavy atom. The van der Waals surface area contributed by atoms with Gasteiger partial charge in [-0.3, -0.25) is 9.59 Å². The van der Waals surface area contributed by atoms with Crippen LogP contribution in [0.2, 0.25) is 0 Å². The van der Waals surface area contributed by atoms with Gasteiger partial charge in [-0.2, -0.15) is 0 Å². The van der Waals surface area contributed by atoms with Crippen LogP contribution in [0.1, 0.15) is 45.8 Å². The van der Waals surface area contributed by atoms with Gasteiger partial charge in [-0.25, -0.2) is 4.39 Å². The Bertz CT molecular complexity index is 1110. The Morgan fingerprint density at radius 2 is 1.70 bits per heavy atom. The summed E-state index contributed by atoms with van der Waals surface area (Å²) in [5.41, 5.74) is 8.10. The van der Waals surface area contributed by atoms with Crippen molar-refractivity contribution in [1.82, 2.24) is 0 Å². The van der Waals surface area contributed by atoms with Crippen molar-refractivity contribution < 1.29 is 23.5 Å². The van der Waals surface area contributed by atoms with E-state index in [1.165, 1.54) is 24.3 Å². The van der Waals surface area contributed by atoms with Crippen molar-refractivity contribution in [1.29, 1.82) is 0 Å². The molecule has 1 aliphatic heterocycles. The number of halogens is 1. The number of ketones is 1. The van der Waals surface area contributed by atoms with E-state index in [4.69, 9.17) is 15.2 Å². The zero-order chi connectivity index (χ0) is 23.2. The number of benzene rings is 3. The van der Waals surface area contributed by atoms with Crippen molar-refractivity contribution in [2.24, 2.45) is 11.7 Å². The summed E-state index contributed by atoms with van der Waals surface area (Å²) in [6, 6.07) is 20.2.